The van der Waals surface area contributed by atoms with Crippen LogP contribution in [0.2, 0.25) is 0 Å². The topological polar surface area (TPSA) is 123 Å². The van der Waals surface area contributed by atoms with Gasteiger partial charge in [0.25, 0.3) is 0 Å². The average molecular weight is 393 g/mol. The summed E-state index contributed by atoms with van der Waals surface area (Å²) >= 11 is 0. The molecule has 3 heterocycles. The highest BCUT2D eigenvalue weighted by atomic mass is 16.5. The lowest BCUT2D eigenvalue weighted by Crippen LogP contribution is -2.04. The monoisotopic (exact) mass is 393 g/mol. The van der Waals surface area contributed by atoms with Crippen molar-refractivity contribution in [2.75, 3.05) is 24.9 Å². The summed E-state index contributed by atoms with van der Waals surface area (Å²) in [4.78, 5) is 12.7. The van der Waals surface area contributed by atoms with Crippen LogP contribution in [0.5, 0.6) is 11.5 Å². The lowest BCUT2D eigenvalue weighted by molar-refractivity contribution is 0.355. The van der Waals surface area contributed by atoms with Crippen LogP contribution in [0.3, 0.4) is 0 Å². The van der Waals surface area contributed by atoms with E-state index in [4.69, 9.17) is 13.9 Å². The number of H-pyrrole nitrogens is 1. The van der Waals surface area contributed by atoms with E-state index in [-0.39, 0.29) is 0 Å². The third-order valence-electron chi connectivity index (χ3n) is 4.15. The first kappa shape index (κ1) is 18.3. The molecule has 4 rings (SSSR count). The van der Waals surface area contributed by atoms with E-state index in [0.717, 1.165) is 16.9 Å². The summed E-state index contributed by atoms with van der Waals surface area (Å²) in [6.07, 6.45) is 3.01. The fraction of sp³-hybridized carbons (Fsp3) is 0.158. The number of aromatic amines is 1. The molecule has 0 spiro atoms. The van der Waals surface area contributed by atoms with Crippen LogP contribution in [0.1, 0.15) is 5.56 Å². The van der Waals surface area contributed by atoms with Crippen LogP contribution in [-0.4, -0.2) is 39.4 Å². The van der Waals surface area contributed by atoms with Crippen LogP contribution in [0.25, 0.3) is 11.5 Å². The molecule has 0 fully saturated rings. The Morgan fingerprint density at radius 3 is 2.48 bits per heavy atom. The number of rotatable bonds is 7. The van der Waals surface area contributed by atoms with E-state index < -0.39 is 0 Å². The zero-order valence-corrected chi connectivity index (χ0v) is 16.1. The Morgan fingerprint density at radius 1 is 1.00 bits per heavy atom. The Bertz CT molecular complexity index is 1110. The van der Waals surface area contributed by atoms with E-state index in [0.29, 0.717) is 35.0 Å². The van der Waals surface area contributed by atoms with Gasteiger partial charge in [-0.1, -0.05) is 0 Å². The van der Waals surface area contributed by atoms with E-state index in [1.807, 2.05) is 31.2 Å². The van der Waals surface area contributed by atoms with Crippen molar-refractivity contribution in [2.45, 2.75) is 6.92 Å². The van der Waals surface area contributed by atoms with E-state index in [1.54, 1.807) is 26.5 Å². The summed E-state index contributed by atoms with van der Waals surface area (Å²) in [5.41, 5.74) is 2.48. The van der Waals surface area contributed by atoms with E-state index in [1.165, 1.54) is 6.33 Å². The van der Waals surface area contributed by atoms with Gasteiger partial charge in [0.15, 0.2) is 23.1 Å². The van der Waals surface area contributed by atoms with Crippen molar-refractivity contribution in [1.82, 2.24) is 25.1 Å². The van der Waals surface area contributed by atoms with Crippen LogP contribution in [0.15, 0.2) is 47.3 Å². The second-order valence-electron chi connectivity index (χ2n) is 6.05. The molecule has 0 amide bonds. The highest BCUT2D eigenvalue weighted by molar-refractivity contribution is 5.65. The number of nitrogens with zero attached hydrogens (tertiary/aromatic N) is 4. The number of nitrogens with one attached hydrogen (secondary N) is 3. The molecule has 0 bridgehead atoms. The van der Waals surface area contributed by atoms with Gasteiger partial charge in [-0.05, 0) is 30.7 Å². The van der Waals surface area contributed by atoms with Gasteiger partial charge >= 0.3 is 0 Å². The zero-order chi connectivity index (χ0) is 20.2. The number of anilines is 4. The maximum Gasteiger partial charge on any atom is 0.233 e. The predicted molar refractivity (Wildman–Crippen MR) is 107 cm³/mol. The summed E-state index contributed by atoms with van der Waals surface area (Å²) in [6, 6.07) is 9.15. The highest BCUT2D eigenvalue weighted by Gasteiger charge is 2.11. The molecule has 4 aromatic rings. The predicted octanol–water partition coefficient (Wildman–Crippen LogP) is 3.67. The molecular formula is C19H19N7O3. The van der Waals surface area contributed by atoms with Crippen LogP contribution in [0.4, 0.5) is 23.4 Å². The molecule has 0 aliphatic carbocycles. The number of ether oxygens (including phenoxy) is 2. The number of benzene rings is 1. The molecule has 0 atom stereocenters. The third kappa shape index (κ3) is 3.95. The smallest absolute Gasteiger partial charge is 0.233 e. The average Bonchev–Trinajstić information content (AvgIpc) is 3.41. The minimum Gasteiger partial charge on any atom is -0.493 e. The van der Waals surface area contributed by atoms with Gasteiger partial charge in [-0.15, -0.1) is 0 Å². The quantitative estimate of drug-likeness (QED) is 0.431. The maximum atomic E-state index is 5.36. The normalized spacial score (nSPS) is 10.6. The lowest BCUT2D eigenvalue weighted by Gasteiger charge is -2.13. The first-order valence-electron chi connectivity index (χ1n) is 8.71. The van der Waals surface area contributed by atoms with E-state index >= 15 is 0 Å². The van der Waals surface area contributed by atoms with Crippen LogP contribution >= 0.6 is 0 Å². The molecule has 3 N–H and O–H groups in total. The van der Waals surface area contributed by atoms with Crippen molar-refractivity contribution in [3.05, 3.63) is 48.5 Å². The maximum absolute atomic E-state index is 5.36. The van der Waals surface area contributed by atoms with Crippen LogP contribution < -0.4 is 20.1 Å². The Hall–Kier alpha value is -4.08. The SMILES string of the molecule is COc1cc(C)c(Nc2ncnc(Nc3cc(-c4ccco4)[nH]n3)n2)cc1OC. The highest BCUT2D eigenvalue weighted by Crippen LogP contribution is 2.33. The standard InChI is InChI=1S/C19H19N7O3/c1-11-7-15(27-2)16(28-3)8-12(11)22-18-20-10-21-19(24-18)23-17-9-13(25-26-17)14-5-4-6-29-14/h4-10H,1-3H3,(H3,20,21,22,23,24,25,26). The van der Waals surface area contributed by atoms with Gasteiger partial charge in [0, 0.05) is 17.8 Å². The summed E-state index contributed by atoms with van der Waals surface area (Å²) in [6.45, 7) is 1.95. The number of methoxy groups -OCH3 is 2. The summed E-state index contributed by atoms with van der Waals surface area (Å²) in [5, 5.41) is 13.3. The molecule has 0 radical (unpaired) electrons. The van der Waals surface area contributed by atoms with Crippen molar-refractivity contribution in [3.63, 3.8) is 0 Å². The minimum absolute atomic E-state index is 0.345. The van der Waals surface area contributed by atoms with Crippen molar-refractivity contribution in [3.8, 4) is 23.0 Å². The van der Waals surface area contributed by atoms with Gasteiger partial charge in [-0.25, -0.2) is 9.97 Å². The summed E-state index contributed by atoms with van der Waals surface area (Å²) < 4.78 is 16.0. The molecule has 1 aromatic carbocycles. The van der Waals surface area contributed by atoms with Gasteiger partial charge in [-0.2, -0.15) is 10.1 Å². The second-order valence-corrected chi connectivity index (χ2v) is 6.05. The van der Waals surface area contributed by atoms with Gasteiger partial charge in [0.1, 0.15) is 12.0 Å². The Labute approximate surface area is 166 Å². The van der Waals surface area contributed by atoms with Crippen molar-refractivity contribution < 1.29 is 13.9 Å². The summed E-state index contributed by atoms with van der Waals surface area (Å²) in [5.74, 6) is 3.22. The number of furan rings is 1. The molecule has 3 aromatic heterocycles. The molecule has 29 heavy (non-hydrogen) atoms. The van der Waals surface area contributed by atoms with Gasteiger partial charge in [0.05, 0.1) is 20.5 Å². The molecule has 0 unspecified atom stereocenters. The van der Waals surface area contributed by atoms with Gasteiger partial charge in [-0.3, -0.25) is 5.10 Å². The van der Waals surface area contributed by atoms with Crippen molar-refractivity contribution >= 4 is 23.4 Å². The van der Waals surface area contributed by atoms with Crippen molar-refractivity contribution in [1.29, 1.82) is 0 Å². The Balaban J connectivity index is 1.52. The minimum atomic E-state index is 0.345. The fourth-order valence-corrected chi connectivity index (χ4v) is 2.71. The van der Waals surface area contributed by atoms with E-state index in [9.17, 15) is 0 Å². The Morgan fingerprint density at radius 2 is 1.76 bits per heavy atom. The first-order chi connectivity index (χ1) is 14.2. The number of hydrogen-bond donors (Lipinski definition) is 3. The molecule has 0 saturated carbocycles. The largest absolute Gasteiger partial charge is 0.493 e. The molecule has 0 aliphatic rings. The fourth-order valence-electron chi connectivity index (χ4n) is 2.71. The molecule has 0 aliphatic heterocycles. The first-order valence-corrected chi connectivity index (χ1v) is 8.71. The molecule has 10 heteroatoms. The van der Waals surface area contributed by atoms with E-state index in [2.05, 4.69) is 35.8 Å². The summed E-state index contributed by atoms with van der Waals surface area (Å²) in [7, 11) is 3.18. The number of aromatic nitrogens is 5. The van der Waals surface area contributed by atoms with Crippen LogP contribution in [0, 0.1) is 6.92 Å². The third-order valence-corrected chi connectivity index (χ3v) is 4.15. The molecule has 148 valence electrons. The molecule has 0 saturated heterocycles. The molecular weight excluding hydrogens is 374 g/mol. The number of hydrogen-bond acceptors (Lipinski definition) is 9. The zero-order valence-electron chi connectivity index (χ0n) is 16.1. The van der Waals surface area contributed by atoms with Crippen molar-refractivity contribution in [2.24, 2.45) is 0 Å². The van der Waals surface area contributed by atoms with Gasteiger partial charge in [0.2, 0.25) is 11.9 Å². The Kier molecular flexibility index (Phi) is 4.97. The second kappa shape index (κ2) is 7.89. The lowest BCUT2D eigenvalue weighted by atomic mass is 10.1. The van der Waals surface area contributed by atoms with Gasteiger partial charge < -0.3 is 24.5 Å². The molecule has 10 nitrogen and oxygen atoms in total. The number of aryl methyl sites for hydroxylation is 1. The van der Waals surface area contributed by atoms with Crippen LogP contribution in [-0.2, 0) is 0 Å².